The highest BCUT2D eigenvalue weighted by molar-refractivity contribution is 7.91. The van der Waals surface area contributed by atoms with Crippen LogP contribution in [0.15, 0.2) is 47.4 Å². The molecule has 0 aromatic heterocycles. The molecule has 0 spiro atoms. The van der Waals surface area contributed by atoms with E-state index in [1.165, 1.54) is 18.2 Å². The monoisotopic (exact) mass is 380 g/mol. The van der Waals surface area contributed by atoms with Crippen LogP contribution in [0.2, 0.25) is 0 Å². The molecule has 3 rings (SSSR count). The van der Waals surface area contributed by atoms with E-state index in [0.717, 1.165) is 17.0 Å². The van der Waals surface area contributed by atoms with E-state index in [4.69, 9.17) is 0 Å². The van der Waals surface area contributed by atoms with Crippen molar-refractivity contribution in [2.24, 2.45) is 0 Å². The molecule has 2 aromatic carbocycles. The Morgan fingerprint density at radius 3 is 2.62 bits per heavy atom. The first-order valence-electron chi connectivity index (χ1n) is 7.65. The van der Waals surface area contributed by atoms with Gasteiger partial charge in [-0.3, -0.25) is 9.59 Å². The molecule has 1 aliphatic rings. The van der Waals surface area contributed by atoms with Crippen LogP contribution in [0.5, 0.6) is 0 Å². The number of halogens is 2. The van der Waals surface area contributed by atoms with Crippen molar-refractivity contribution in [3.8, 4) is 0 Å². The van der Waals surface area contributed by atoms with Crippen LogP contribution in [0.4, 0.5) is 20.2 Å². The van der Waals surface area contributed by atoms with Gasteiger partial charge in [0.2, 0.25) is 11.8 Å². The fourth-order valence-corrected chi connectivity index (χ4v) is 4.09. The predicted molar refractivity (Wildman–Crippen MR) is 90.5 cm³/mol. The van der Waals surface area contributed by atoms with Crippen molar-refractivity contribution < 1.29 is 26.8 Å². The number of benzene rings is 2. The van der Waals surface area contributed by atoms with E-state index in [1.807, 2.05) is 0 Å². The third-order valence-corrected chi connectivity index (χ3v) is 5.64. The van der Waals surface area contributed by atoms with E-state index in [9.17, 15) is 26.8 Å². The van der Waals surface area contributed by atoms with Gasteiger partial charge in [0.15, 0.2) is 9.84 Å². The summed E-state index contributed by atoms with van der Waals surface area (Å²) < 4.78 is 51.1. The molecular weight excluding hydrogens is 366 g/mol. The molecule has 0 radical (unpaired) electrons. The second-order valence-corrected chi connectivity index (χ2v) is 7.77. The molecule has 2 aromatic rings. The Morgan fingerprint density at radius 2 is 1.88 bits per heavy atom. The molecule has 0 saturated heterocycles. The maximum Gasteiger partial charge on any atom is 0.244 e. The van der Waals surface area contributed by atoms with Gasteiger partial charge in [-0.2, -0.15) is 0 Å². The average Bonchev–Trinajstić information content (AvgIpc) is 2.68. The third-order valence-electron chi connectivity index (χ3n) is 3.88. The summed E-state index contributed by atoms with van der Waals surface area (Å²) in [7, 11) is -3.65. The van der Waals surface area contributed by atoms with E-state index in [1.54, 1.807) is 6.07 Å². The lowest BCUT2D eigenvalue weighted by Gasteiger charge is -2.21. The smallest absolute Gasteiger partial charge is 0.244 e. The highest BCUT2D eigenvalue weighted by Gasteiger charge is 2.31. The highest BCUT2D eigenvalue weighted by Crippen LogP contribution is 2.30. The van der Waals surface area contributed by atoms with Gasteiger partial charge in [0.05, 0.1) is 22.0 Å². The summed E-state index contributed by atoms with van der Waals surface area (Å²) >= 11 is 0. The zero-order valence-corrected chi connectivity index (χ0v) is 14.2. The Hall–Kier alpha value is -2.81. The molecule has 1 heterocycles. The number of fused-ring (bicyclic) bond motifs is 1. The summed E-state index contributed by atoms with van der Waals surface area (Å²) in [5, 5.41) is 2.25. The van der Waals surface area contributed by atoms with Crippen molar-refractivity contribution in [3.63, 3.8) is 0 Å². The summed E-state index contributed by atoms with van der Waals surface area (Å²) in [6.07, 6.45) is -0.269. The molecule has 1 N–H and O–H groups in total. The van der Waals surface area contributed by atoms with Crippen LogP contribution < -0.4 is 10.2 Å². The fraction of sp³-hybridized carbons (Fsp3) is 0.176. The number of hydrogen-bond acceptors (Lipinski definition) is 4. The quantitative estimate of drug-likeness (QED) is 0.884. The van der Waals surface area contributed by atoms with E-state index >= 15 is 0 Å². The maximum absolute atomic E-state index is 13.7. The number of nitrogens with one attached hydrogen (secondary N) is 1. The lowest BCUT2D eigenvalue weighted by molar-refractivity contribution is -0.121. The minimum absolute atomic E-state index is 0.0355. The Bertz CT molecular complexity index is 992. The lowest BCUT2D eigenvalue weighted by atomic mass is 10.2. The van der Waals surface area contributed by atoms with Crippen LogP contribution in [0.3, 0.4) is 0 Å². The normalized spacial score (nSPS) is 15.9. The molecule has 0 aliphatic carbocycles. The zero-order valence-electron chi connectivity index (χ0n) is 13.4. The number of nitrogens with zero attached hydrogens (tertiary/aromatic N) is 1. The number of sulfone groups is 1. The van der Waals surface area contributed by atoms with Gasteiger partial charge in [0, 0.05) is 12.5 Å². The van der Waals surface area contributed by atoms with Crippen molar-refractivity contribution in [3.05, 3.63) is 54.1 Å². The second-order valence-electron chi connectivity index (χ2n) is 5.69. The lowest BCUT2D eigenvalue weighted by Crippen LogP contribution is -2.38. The summed E-state index contributed by atoms with van der Waals surface area (Å²) in [6.45, 7) is -0.498. The topological polar surface area (TPSA) is 83.6 Å². The van der Waals surface area contributed by atoms with E-state index in [2.05, 4.69) is 5.32 Å². The van der Waals surface area contributed by atoms with Crippen LogP contribution in [-0.4, -0.2) is 32.5 Å². The Kier molecular flexibility index (Phi) is 4.73. The van der Waals surface area contributed by atoms with Gasteiger partial charge < -0.3 is 10.2 Å². The van der Waals surface area contributed by atoms with Gasteiger partial charge in [-0.15, -0.1) is 0 Å². The van der Waals surface area contributed by atoms with E-state index in [0.29, 0.717) is 6.07 Å². The molecule has 26 heavy (non-hydrogen) atoms. The van der Waals surface area contributed by atoms with Crippen molar-refractivity contribution in [1.82, 2.24) is 0 Å². The number of para-hydroxylation sites is 1. The number of amides is 2. The third kappa shape index (κ3) is 3.57. The van der Waals surface area contributed by atoms with Gasteiger partial charge in [-0.1, -0.05) is 12.1 Å². The summed E-state index contributed by atoms with van der Waals surface area (Å²) in [4.78, 5) is 25.6. The molecule has 0 fully saturated rings. The molecule has 0 saturated carbocycles. The Balaban J connectivity index is 1.88. The largest absolute Gasteiger partial charge is 0.322 e. The molecular formula is C17H14F2N2O4S. The molecule has 6 nitrogen and oxygen atoms in total. The number of rotatable bonds is 3. The van der Waals surface area contributed by atoms with E-state index in [-0.39, 0.29) is 28.4 Å². The van der Waals surface area contributed by atoms with Gasteiger partial charge in [-0.05, 0) is 24.3 Å². The summed E-state index contributed by atoms with van der Waals surface area (Å²) in [5.41, 5.74) is -0.135. The van der Waals surface area contributed by atoms with Gasteiger partial charge in [-0.25, -0.2) is 17.2 Å². The Labute approximate surface area is 148 Å². The highest BCUT2D eigenvalue weighted by atomic mass is 32.2. The molecule has 0 bridgehead atoms. The first-order valence-corrected chi connectivity index (χ1v) is 9.30. The van der Waals surface area contributed by atoms with Crippen LogP contribution >= 0.6 is 0 Å². The maximum atomic E-state index is 13.7. The molecule has 2 amide bonds. The molecule has 9 heteroatoms. The van der Waals surface area contributed by atoms with Crippen LogP contribution in [0.25, 0.3) is 0 Å². The Morgan fingerprint density at radius 1 is 1.15 bits per heavy atom. The molecule has 1 aliphatic heterocycles. The molecule has 0 unspecified atom stereocenters. The minimum Gasteiger partial charge on any atom is -0.322 e. The number of carbonyl (C=O) groups is 2. The van der Waals surface area contributed by atoms with Crippen LogP contribution in [0.1, 0.15) is 6.42 Å². The van der Waals surface area contributed by atoms with Gasteiger partial charge in [0.1, 0.15) is 18.2 Å². The molecule has 0 atom stereocenters. The van der Waals surface area contributed by atoms with Crippen molar-refractivity contribution in [2.75, 3.05) is 22.5 Å². The first-order chi connectivity index (χ1) is 12.3. The average molecular weight is 380 g/mol. The molecule has 136 valence electrons. The number of carbonyl (C=O) groups excluding carboxylic acids is 2. The van der Waals surface area contributed by atoms with Gasteiger partial charge in [0.25, 0.3) is 0 Å². The first kappa shape index (κ1) is 18.0. The summed E-state index contributed by atoms with van der Waals surface area (Å²) in [5.74, 6) is -3.37. The van der Waals surface area contributed by atoms with Crippen LogP contribution in [0, 0.1) is 11.6 Å². The fourth-order valence-electron chi connectivity index (χ4n) is 2.64. The van der Waals surface area contributed by atoms with Crippen molar-refractivity contribution >= 4 is 33.0 Å². The second kappa shape index (κ2) is 6.83. The summed E-state index contributed by atoms with van der Waals surface area (Å²) in [6, 6.07) is 8.54. The number of hydrogen-bond donors (Lipinski definition) is 1. The van der Waals surface area contributed by atoms with Crippen molar-refractivity contribution in [2.45, 2.75) is 11.3 Å². The predicted octanol–water partition coefficient (Wildman–Crippen LogP) is 2.11. The standard InChI is InChI=1S/C17H14F2N2O4S/c18-11-5-6-13(12(19)9-11)20-16(22)10-21-14-3-1-2-4-15(14)26(24,25)8-7-17(21)23/h1-6,9H,7-8,10H2,(H,20,22). The van der Waals surface area contributed by atoms with Crippen LogP contribution in [-0.2, 0) is 19.4 Å². The number of anilines is 2. The van der Waals surface area contributed by atoms with Gasteiger partial charge >= 0.3 is 0 Å². The van der Waals surface area contributed by atoms with Crippen molar-refractivity contribution in [1.29, 1.82) is 0 Å². The zero-order chi connectivity index (χ0) is 18.9. The van der Waals surface area contributed by atoms with E-state index < -0.39 is 39.8 Å². The minimum atomic E-state index is -3.65. The SMILES string of the molecule is O=C(CN1C(=O)CCS(=O)(=O)c2ccccc21)Nc1ccc(F)cc1F.